The van der Waals surface area contributed by atoms with Gasteiger partial charge >= 0.3 is 0 Å². The average Bonchev–Trinajstić information content (AvgIpc) is 2.74. The predicted molar refractivity (Wildman–Crippen MR) is 56.9 cm³/mol. The van der Waals surface area contributed by atoms with Crippen molar-refractivity contribution in [3.8, 4) is 0 Å². The third-order valence-electron chi connectivity index (χ3n) is 3.40. The van der Waals surface area contributed by atoms with Gasteiger partial charge in [-0.2, -0.15) is 0 Å². The molecule has 1 fully saturated rings. The molecule has 0 heterocycles. The molecule has 0 unspecified atom stereocenters. The third-order valence-corrected chi connectivity index (χ3v) is 4.08. The van der Waals surface area contributed by atoms with Gasteiger partial charge in [0.05, 0.1) is 0 Å². The maximum absolute atomic E-state index is 11.7. The molecule has 3 heteroatoms. The fourth-order valence-electron chi connectivity index (χ4n) is 2.83. The molecule has 0 saturated heterocycles. The standard InChI is InChI=1S/C11H14O2S/c1-6(12)9-7-3-4-8(5-7)10(9)11(13)14-2/h3-4,7-10H,5H2,1-2H3/t7-,8+,9-,10+/m1/s1. The van der Waals surface area contributed by atoms with Crippen molar-refractivity contribution in [2.24, 2.45) is 23.7 Å². The second-order valence-corrected chi connectivity index (χ2v) is 4.94. The van der Waals surface area contributed by atoms with Crippen molar-refractivity contribution in [1.29, 1.82) is 0 Å². The van der Waals surface area contributed by atoms with E-state index in [0.29, 0.717) is 11.8 Å². The summed E-state index contributed by atoms with van der Waals surface area (Å²) in [6.45, 7) is 1.61. The highest BCUT2D eigenvalue weighted by Crippen LogP contribution is 2.49. The molecule has 0 N–H and O–H groups in total. The van der Waals surface area contributed by atoms with E-state index in [0.717, 1.165) is 6.42 Å². The Hall–Kier alpha value is -0.570. The number of hydrogen-bond donors (Lipinski definition) is 0. The van der Waals surface area contributed by atoms with Crippen LogP contribution < -0.4 is 0 Å². The van der Waals surface area contributed by atoms with E-state index >= 15 is 0 Å². The molecule has 14 heavy (non-hydrogen) atoms. The number of Topliss-reactive ketones (excluding diaryl/α,β-unsaturated/α-hetero) is 1. The van der Waals surface area contributed by atoms with E-state index < -0.39 is 0 Å². The van der Waals surface area contributed by atoms with Crippen molar-refractivity contribution in [3.05, 3.63) is 12.2 Å². The maximum atomic E-state index is 11.7. The minimum atomic E-state index is -0.0440. The molecule has 0 aromatic carbocycles. The molecule has 0 aliphatic heterocycles. The normalized spacial score (nSPS) is 39.0. The molecule has 2 aliphatic carbocycles. The zero-order valence-corrected chi connectivity index (χ0v) is 9.21. The first-order chi connectivity index (χ1) is 6.65. The first-order valence-electron chi connectivity index (χ1n) is 4.91. The first kappa shape index (κ1) is 9.97. The number of hydrogen-bond acceptors (Lipinski definition) is 3. The Morgan fingerprint density at radius 2 is 1.79 bits per heavy atom. The minimum Gasteiger partial charge on any atom is -0.300 e. The Balaban J connectivity index is 2.26. The number of carbonyl (C=O) groups is 2. The lowest BCUT2D eigenvalue weighted by molar-refractivity contribution is -0.127. The van der Waals surface area contributed by atoms with Gasteiger partial charge in [0.15, 0.2) is 5.12 Å². The topological polar surface area (TPSA) is 34.1 Å². The fourth-order valence-corrected chi connectivity index (χ4v) is 3.43. The Labute approximate surface area is 88.1 Å². The van der Waals surface area contributed by atoms with Crippen molar-refractivity contribution >= 4 is 22.7 Å². The maximum Gasteiger partial charge on any atom is 0.193 e. The van der Waals surface area contributed by atoms with E-state index in [-0.39, 0.29) is 22.7 Å². The zero-order chi connectivity index (χ0) is 10.3. The molecule has 2 aliphatic rings. The van der Waals surface area contributed by atoms with E-state index in [2.05, 4.69) is 12.2 Å². The Kier molecular flexibility index (Phi) is 2.52. The second kappa shape index (κ2) is 3.54. The molecular formula is C11H14O2S. The lowest BCUT2D eigenvalue weighted by Gasteiger charge is -2.23. The molecular weight excluding hydrogens is 196 g/mol. The monoisotopic (exact) mass is 210 g/mol. The van der Waals surface area contributed by atoms with Gasteiger partial charge < -0.3 is 0 Å². The quantitative estimate of drug-likeness (QED) is 0.653. The summed E-state index contributed by atoms with van der Waals surface area (Å²) in [4.78, 5) is 23.2. The summed E-state index contributed by atoms with van der Waals surface area (Å²) in [5.74, 6) is 0.754. The molecule has 2 rings (SSSR count). The largest absolute Gasteiger partial charge is 0.300 e. The van der Waals surface area contributed by atoms with Crippen LogP contribution in [0.5, 0.6) is 0 Å². The molecule has 4 atom stereocenters. The molecule has 2 bridgehead atoms. The van der Waals surface area contributed by atoms with Crippen molar-refractivity contribution in [2.75, 3.05) is 6.26 Å². The highest BCUT2D eigenvalue weighted by Gasteiger charge is 2.49. The molecule has 2 nitrogen and oxygen atoms in total. The van der Waals surface area contributed by atoms with Crippen molar-refractivity contribution < 1.29 is 9.59 Å². The van der Waals surface area contributed by atoms with Crippen LogP contribution in [-0.4, -0.2) is 17.2 Å². The van der Waals surface area contributed by atoms with Crippen LogP contribution in [0.4, 0.5) is 0 Å². The summed E-state index contributed by atoms with van der Waals surface area (Å²) in [7, 11) is 0. The van der Waals surface area contributed by atoms with Crippen LogP contribution in [0.3, 0.4) is 0 Å². The summed E-state index contributed by atoms with van der Waals surface area (Å²) >= 11 is 1.26. The van der Waals surface area contributed by atoms with Crippen LogP contribution in [0.2, 0.25) is 0 Å². The molecule has 0 spiro atoms. The van der Waals surface area contributed by atoms with Crippen LogP contribution >= 0.6 is 11.8 Å². The van der Waals surface area contributed by atoms with E-state index in [1.165, 1.54) is 11.8 Å². The number of rotatable bonds is 2. The van der Waals surface area contributed by atoms with Crippen LogP contribution in [0.25, 0.3) is 0 Å². The van der Waals surface area contributed by atoms with Gasteiger partial charge in [-0.15, -0.1) is 0 Å². The number of thioether (sulfide) groups is 1. The molecule has 0 aromatic rings. The summed E-state index contributed by atoms with van der Waals surface area (Å²) < 4.78 is 0. The van der Waals surface area contributed by atoms with Crippen molar-refractivity contribution in [3.63, 3.8) is 0 Å². The lowest BCUT2D eigenvalue weighted by atomic mass is 9.81. The molecule has 0 aromatic heterocycles. The van der Waals surface area contributed by atoms with Crippen LogP contribution in [0.1, 0.15) is 13.3 Å². The van der Waals surface area contributed by atoms with E-state index in [1.54, 1.807) is 13.2 Å². The van der Waals surface area contributed by atoms with E-state index in [1.807, 2.05) is 0 Å². The van der Waals surface area contributed by atoms with Gasteiger partial charge in [-0.3, -0.25) is 9.59 Å². The smallest absolute Gasteiger partial charge is 0.193 e. The van der Waals surface area contributed by atoms with Gasteiger partial charge in [0.1, 0.15) is 5.78 Å². The van der Waals surface area contributed by atoms with Crippen LogP contribution in [0.15, 0.2) is 12.2 Å². The Bertz CT molecular complexity index is 308. The average molecular weight is 210 g/mol. The highest BCUT2D eigenvalue weighted by molar-refractivity contribution is 8.13. The van der Waals surface area contributed by atoms with Crippen molar-refractivity contribution in [1.82, 2.24) is 0 Å². The van der Waals surface area contributed by atoms with Crippen LogP contribution in [0, 0.1) is 23.7 Å². The summed E-state index contributed by atoms with van der Waals surface area (Å²) in [6, 6.07) is 0. The number of allylic oxidation sites excluding steroid dienone is 2. The van der Waals surface area contributed by atoms with Gasteiger partial charge in [0.2, 0.25) is 0 Å². The minimum absolute atomic E-state index is 0.0371. The summed E-state index contributed by atoms with van der Waals surface area (Å²) in [5, 5.41) is 0.182. The number of ketones is 1. The highest BCUT2D eigenvalue weighted by atomic mass is 32.2. The molecule has 0 amide bonds. The lowest BCUT2D eigenvalue weighted by Crippen LogP contribution is -2.30. The fraction of sp³-hybridized carbons (Fsp3) is 0.636. The van der Waals surface area contributed by atoms with E-state index in [4.69, 9.17) is 0 Å². The zero-order valence-electron chi connectivity index (χ0n) is 8.40. The van der Waals surface area contributed by atoms with Gasteiger partial charge in [-0.1, -0.05) is 23.9 Å². The summed E-state index contributed by atoms with van der Waals surface area (Å²) in [6.07, 6.45) is 7.03. The molecule has 1 saturated carbocycles. The summed E-state index contributed by atoms with van der Waals surface area (Å²) in [5.41, 5.74) is 0. The molecule has 0 radical (unpaired) electrons. The first-order valence-corrected chi connectivity index (χ1v) is 6.14. The van der Waals surface area contributed by atoms with Crippen molar-refractivity contribution in [2.45, 2.75) is 13.3 Å². The second-order valence-electron chi connectivity index (χ2n) is 4.13. The van der Waals surface area contributed by atoms with Gasteiger partial charge in [0, 0.05) is 11.8 Å². The van der Waals surface area contributed by atoms with Gasteiger partial charge in [-0.05, 0) is 31.4 Å². The van der Waals surface area contributed by atoms with Crippen LogP contribution in [-0.2, 0) is 9.59 Å². The van der Waals surface area contributed by atoms with E-state index in [9.17, 15) is 9.59 Å². The Morgan fingerprint density at radius 1 is 1.21 bits per heavy atom. The predicted octanol–water partition coefficient (Wildman–Crippen LogP) is 1.90. The third kappa shape index (κ3) is 1.34. The van der Waals surface area contributed by atoms with Gasteiger partial charge in [-0.25, -0.2) is 0 Å². The number of carbonyl (C=O) groups excluding carboxylic acids is 2. The van der Waals surface area contributed by atoms with Gasteiger partial charge in [0.25, 0.3) is 0 Å². The molecule has 76 valence electrons. The number of fused-ring (bicyclic) bond motifs is 2. The Morgan fingerprint density at radius 3 is 2.29 bits per heavy atom. The SMILES string of the molecule is CSC(=O)[C@@H]1[C@H](C(C)=O)[C@@H]2C=C[C@H]1C2.